The van der Waals surface area contributed by atoms with Crippen LogP contribution in [0.1, 0.15) is 30.1 Å². The number of aromatic nitrogens is 1. The minimum absolute atomic E-state index is 0.0818. The normalized spacial score (nSPS) is 19.8. The number of carbonyl (C=O) groups is 1. The van der Waals surface area contributed by atoms with Gasteiger partial charge in [-0.25, -0.2) is 0 Å². The van der Waals surface area contributed by atoms with Crippen molar-refractivity contribution >= 4 is 16.8 Å². The molecular formula is C17H21N3O2. The Hall–Kier alpha value is -2.14. The lowest BCUT2D eigenvalue weighted by atomic mass is 9.92. The highest BCUT2D eigenvalue weighted by atomic mass is 16.2. The molecule has 1 fully saturated rings. The summed E-state index contributed by atoms with van der Waals surface area (Å²) in [7, 11) is 0. The second kappa shape index (κ2) is 6.32. The van der Waals surface area contributed by atoms with Gasteiger partial charge in [0, 0.05) is 23.0 Å². The van der Waals surface area contributed by atoms with Gasteiger partial charge in [-0.05, 0) is 44.8 Å². The SMILES string of the molecule is CC(NC(=O)c1cc(=O)[nH]c2ccccc12)C1CCCNC1. The fraction of sp³-hybridized carbons (Fsp3) is 0.412. The largest absolute Gasteiger partial charge is 0.349 e. The lowest BCUT2D eigenvalue weighted by Gasteiger charge is -2.29. The summed E-state index contributed by atoms with van der Waals surface area (Å²) in [6.07, 6.45) is 2.25. The first-order valence-electron chi connectivity index (χ1n) is 7.79. The average Bonchev–Trinajstić information content (AvgIpc) is 2.54. The van der Waals surface area contributed by atoms with Crippen LogP contribution in [0.3, 0.4) is 0 Å². The van der Waals surface area contributed by atoms with Crippen molar-refractivity contribution in [3.8, 4) is 0 Å². The van der Waals surface area contributed by atoms with Crippen LogP contribution in [0.5, 0.6) is 0 Å². The maximum Gasteiger partial charge on any atom is 0.252 e. The third-order valence-corrected chi connectivity index (χ3v) is 4.40. The van der Waals surface area contributed by atoms with Gasteiger partial charge in [0.25, 0.3) is 5.91 Å². The van der Waals surface area contributed by atoms with Crippen molar-refractivity contribution in [1.82, 2.24) is 15.6 Å². The Morgan fingerprint density at radius 3 is 2.95 bits per heavy atom. The van der Waals surface area contributed by atoms with E-state index < -0.39 is 0 Å². The molecular weight excluding hydrogens is 278 g/mol. The third-order valence-electron chi connectivity index (χ3n) is 4.40. The number of piperidine rings is 1. The van der Waals surface area contributed by atoms with Gasteiger partial charge in [0.05, 0.1) is 5.56 Å². The summed E-state index contributed by atoms with van der Waals surface area (Å²) >= 11 is 0. The number of rotatable bonds is 3. The molecule has 2 aromatic rings. The fourth-order valence-corrected chi connectivity index (χ4v) is 3.10. The zero-order valence-electron chi connectivity index (χ0n) is 12.7. The number of hydrogen-bond donors (Lipinski definition) is 3. The third kappa shape index (κ3) is 3.04. The van der Waals surface area contributed by atoms with Crippen molar-refractivity contribution in [2.45, 2.75) is 25.8 Å². The summed E-state index contributed by atoms with van der Waals surface area (Å²) in [5.41, 5.74) is 0.873. The molecule has 2 atom stereocenters. The Morgan fingerprint density at radius 1 is 1.36 bits per heavy atom. The molecule has 22 heavy (non-hydrogen) atoms. The monoisotopic (exact) mass is 299 g/mol. The average molecular weight is 299 g/mol. The molecule has 5 nitrogen and oxygen atoms in total. The highest BCUT2D eigenvalue weighted by Crippen LogP contribution is 2.17. The number of H-pyrrole nitrogens is 1. The molecule has 0 radical (unpaired) electrons. The predicted octanol–water partition coefficient (Wildman–Crippen LogP) is 1.65. The molecule has 0 saturated carbocycles. The van der Waals surface area contributed by atoms with Crippen molar-refractivity contribution in [3.05, 3.63) is 46.2 Å². The summed E-state index contributed by atoms with van der Waals surface area (Å²) in [6, 6.07) is 8.83. The maximum absolute atomic E-state index is 12.6. The van der Waals surface area contributed by atoms with E-state index in [4.69, 9.17) is 0 Å². The maximum atomic E-state index is 12.6. The Morgan fingerprint density at radius 2 is 2.18 bits per heavy atom. The molecule has 116 valence electrons. The van der Waals surface area contributed by atoms with Crippen molar-refractivity contribution in [2.24, 2.45) is 5.92 Å². The van der Waals surface area contributed by atoms with Crippen LogP contribution in [0.4, 0.5) is 0 Å². The lowest BCUT2D eigenvalue weighted by Crippen LogP contribution is -2.44. The lowest BCUT2D eigenvalue weighted by molar-refractivity contribution is 0.0923. The van der Waals surface area contributed by atoms with E-state index in [0.717, 1.165) is 31.3 Å². The standard InChI is InChI=1S/C17H21N3O2/c1-11(12-5-4-8-18-10-12)19-17(22)14-9-16(21)20-15-7-3-2-6-13(14)15/h2-3,6-7,9,11-12,18H,4-5,8,10H2,1H3,(H,19,22)(H,20,21). The summed E-state index contributed by atoms with van der Waals surface area (Å²) in [5, 5.41) is 7.19. The summed E-state index contributed by atoms with van der Waals surface area (Å²) in [6.45, 7) is 4.01. The number of fused-ring (bicyclic) bond motifs is 1. The van der Waals surface area contributed by atoms with E-state index in [1.165, 1.54) is 6.07 Å². The van der Waals surface area contributed by atoms with Gasteiger partial charge >= 0.3 is 0 Å². The fourth-order valence-electron chi connectivity index (χ4n) is 3.10. The van der Waals surface area contributed by atoms with Crippen LogP contribution in [0, 0.1) is 5.92 Å². The number of amides is 1. The molecule has 1 aliphatic rings. The van der Waals surface area contributed by atoms with Gasteiger partial charge < -0.3 is 15.6 Å². The Labute approximate surface area is 129 Å². The van der Waals surface area contributed by atoms with Gasteiger partial charge in [0.15, 0.2) is 0 Å². The number of carbonyl (C=O) groups excluding carboxylic acids is 1. The molecule has 1 amide bonds. The molecule has 0 spiro atoms. The topological polar surface area (TPSA) is 74.0 Å². The zero-order valence-corrected chi connectivity index (χ0v) is 12.7. The van der Waals surface area contributed by atoms with Gasteiger partial charge in [0.1, 0.15) is 0 Å². The Bertz CT molecular complexity index is 732. The first-order valence-corrected chi connectivity index (χ1v) is 7.79. The zero-order chi connectivity index (χ0) is 15.5. The second-order valence-electron chi connectivity index (χ2n) is 5.96. The van der Waals surface area contributed by atoms with Gasteiger partial charge in [-0.2, -0.15) is 0 Å². The minimum atomic E-state index is -0.254. The highest BCUT2D eigenvalue weighted by molar-refractivity contribution is 6.06. The Balaban J connectivity index is 1.84. The highest BCUT2D eigenvalue weighted by Gasteiger charge is 2.22. The van der Waals surface area contributed by atoms with Gasteiger partial charge in [-0.1, -0.05) is 18.2 Å². The molecule has 1 aliphatic heterocycles. The molecule has 1 aromatic carbocycles. The van der Waals surface area contributed by atoms with Crippen LogP contribution in [-0.2, 0) is 0 Å². The van der Waals surface area contributed by atoms with Crippen molar-refractivity contribution in [3.63, 3.8) is 0 Å². The first-order chi connectivity index (χ1) is 10.6. The van der Waals surface area contributed by atoms with E-state index in [1.54, 1.807) is 0 Å². The number of aromatic amines is 1. The number of benzene rings is 1. The van der Waals surface area contributed by atoms with E-state index in [0.29, 0.717) is 17.0 Å². The Kier molecular flexibility index (Phi) is 4.24. The number of hydrogen-bond acceptors (Lipinski definition) is 3. The minimum Gasteiger partial charge on any atom is -0.349 e. The van der Waals surface area contributed by atoms with Gasteiger partial charge in [-0.3, -0.25) is 9.59 Å². The van der Waals surface area contributed by atoms with Crippen LogP contribution < -0.4 is 16.2 Å². The van der Waals surface area contributed by atoms with Crippen molar-refractivity contribution in [1.29, 1.82) is 0 Å². The molecule has 0 bridgehead atoms. The van der Waals surface area contributed by atoms with E-state index in [9.17, 15) is 9.59 Å². The van der Waals surface area contributed by atoms with E-state index in [1.807, 2.05) is 31.2 Å². The molecule has 2 unspecified atom stereocenters. The smallest absolute Gasteiger partial charge is 0.252 e. The summed E-state index contributed by atoms with van der Waals surface area (Å²) in [5.74, 6) is 0.256. The number of nitrogens with one attached hydrogen (secondary N) is 3. The van der Waals surface area contributed by atoms with E-state index in [-0.39, 0.29) is 17.5 Å². The summed E-state index contributed by atoms with van der Waals surface area (Å²) in [4.78, 5) is 27.1. The van der Waals surface area contributed by atoms with Crippen molar-refractivity contribution in [2.75, 3.05) is 13.1 Å². The quantitative estimate of drug-likeness (QED) is 0.807. The molecule has 0 aliphatic carbocycles. The van der Waals surface area contributed by atoms with Crippen molar-refractivity contribution < 1.29 is 4.79 Å². The number of para-hydroxylation sites is 1. The van der Waals surface area contributed by atoms with Crippen LogP contribution in [0.25, 0.3) is 10.9 Å². The van der Waals surface area contributed by atoms with Gasteiger partial charge in [-0.15, -0.1) is 0 Å². The molecule has 5 heteroatoms. The van der Waals surface area contributed by atoms with Gasteiger partial charge in [0.2, 0.25) is 5.56 Å². The van der Waals surface area contributed by atoms with Crippen LogP contribution in [-0.4, -0.2) is 30.0 Å². The molecule has 1 aromatic heterocycles. The van der Waals surface area contributed by atoms with Crippen LogP contribution >= 0.6 is 0 Å². The summed E-state index contributed by atoms with van der Waals surface area (Å²) < 4.78 is 0. The van der Waals surface area contributed by atoms with E-state index >= 15 is 0 Å². The molecule has 3 N–H and O–H groups in total. The second-order valence-corrected chi connectivity index (χ2v) is 5.96. The molecule has 2 heterocycles. The molecule has 1 saturated heterocycles. The molecule has 3 rings (SSSR count). The first kappa shape index (κ1) is 14.8. The van der Waals surface area contributed by atoms with Crippen LogP contribution in [0.2, 0.25) is 0 Å². The predicted molar refractivity (Wildman–Crippen MR) is 87.1 cm³/mol. The van der Waals surface area contributed by atoms with Crippen LogP contribution in [0.15, 0.2) is 35.1 Å². The van der Waals surface area contributed by atoms with E-state index in [2.05, 4.69) is 15.6 Å². The number of pyridine rings is 1.